The Balaban J connectivity index is 1.77. The molecule has 25 heavy (non-hydrogen) atoms. The first-order valence-electron chi connectivity index (χ1n) is 8.55. The largest absolute Gasteiger partial charge is 0.493 e. The second kappa shape index (κ2) is 7.55. The van der Waals surface area contributed by atoms with E-state index in [-0.39, 0.29) is 11.9 Å². The van der Waals surface area contributed by atoms with E-state index in [0.717, 1.165) is 36.2 Å². The van der Waals surface area contributed by atoms with Crippen LogP contribution >= 0.6 is 0 Å². The Morgan fingerprint density at radius 3 is 2.68 bits per heavy atom. The average molecular weight is 340 g/mol. The van der Waals surface area contributed by atoms with Crippen LogP contribution in [0.25, 0.3) is 0 Å². The van der Waals surface area contributed by atoms with Gasteiger partial charge in [0.15, 0.2) is 11.5 Å². The van der Waals surface area contributed by atoms with Gasteiger partial charge < -0.3 is 14.4 Å². The maximum absolute atomic E-state index is 12.8. The summed E-state index contributed by atoms with van der Waals surface area (Å²) in [5.74, 6) is 1.54. The third-order valence-electron chi connectivity index (χ3n) is 4.69. The van der Waals surface area contributed by atoms with E-state index in [2.05, 4.69) is 4.98 Å². The number of benzene rings is 1. The molecule has 1 saturated heterocycles. The third kappa shape index (κ3) is 3.76. The zero-order valence-corrected chi connectivity index (χ0v) is 15.0. The summed E-state index contributed by atoms with van der Waals surface area (Å²) in [7, 11) is 3.25. The molecule has 5 nitrogen and oxygen atoms in total. The number of nitrogens with zero attached hydrogens (tertiary/aromatic N) is 2. The number of ether oxygens (including phenoxy) is 2. The molecule has 2 aromatic rings. The van der Waals surface area contributed by atoms with Crippen molar-refractivity contribution in [2.24, 2.45) is 0 Å². The first-order valence-corrected chi connectivity index (χ1v) is 8.55. The number of carbonyl (C=O) groups excluding carboxylic acids is 1. The predicted molar refractivity (Wildman–Crippen MR) is 95.9 cm³/mol. The Labute approximate surface area is 148 Å². The van der Waals surface area contributed by atoms with Crippen LogP contribution in [-0.4, -0.2) is 36.6 Å². The Morgan fingerprint density at radius 2 is 2.00 bits per heavy atom. The van der Waals surface area contributed by atoms with Gasteiger partial charge in [0.05, 0.1) is 26.7 Å². The molecule has 2 heterocycles. The van der Waals surface area contributed by atoms with Gasteiger partial charge in [-0.2, -0.15) is 0 Å². The van der Waals surface area contributed by atoms with Crippen molar-refractivity contribution in [3.8, 4) is 11.5 Å². The number of hydrogen-bond donors (Lipinski definition) is 0. The fourth-order valence-electron chi connectivity index (χ4n) is 3.35. The summed E-state index contributed by atoms with van der Waals surface area (Å²) >= 11 is 0. The SMILES string of the molecule is COc1ccc([C@@H]2CCCN2C(=O)Cc2ccc(C)nc2)cc1OC. The molecule has 1 atom stereocenters. The van der Waals surface area contributed by atoms with Crippen LogP contribution in [0.4, 0.5) is 0 Å². The third-order valence-corrected chi connectivity index (χ3v) is 4.69. The first-order chi connectivity index (χ1) is 12.1. The van der Waals surface area contributed by atoms with E-state index in [4.69, 9.17) is 9.47 Å². The fraction of sp³-hybridized carbons (Fsp3) is 0.400. The van der Waals surface area contributed by atoms with Gasteiger partial charge in [0.2, 0.25) is 5.91 Å². The van der Waals surface area contributed by atoms with Crippen LogP contribution in [-0.2, 0) is 11.2 Å². The molecule has 0 unspecified atom stereocenters. The maximum Gasteiger partial charge on any atom is 0.227 e. The van der Waals surface area contributed by atoms with Gasteiger partial charge in [-0.25, -0.2) is 0 Å². The minimum atomic E-state index is 0.0886. The van der Waals surface area contributed by atoms with Crippen molar-refractivity contribution in [1.29, 1.82) is 0 Å². The molecule has 1 aliphatic rings. The molecule has 0 saturated carbocycles. The van der Waals surface area contributed by atoms with Crippen molar-refractivity contribution in [2.45, 2.75) is 32.2 Å². The molecule has 0 aliphatic carbocycles. The highest BCUT2D eigenvalue weighted by atomic mass is 16.5. The highest BCUT2D eigenvalue weighted by Gasteiger charge is 2.30. The number of methoxy groups -OCH3 is 2. The average Bonchev–Trinajstić information content (AvgIpc) is 3.13. The summed E-state index contributed by atoms with van der Waals surface area (Å²) in [6, 6.07) is 9.90. The van der Waals surface area contributed by atoms with Gasteiger partial charge >= 0.3 is 0 Å². The van der Waals surface area contributed by atoms with Crippen LogP contribution in [0.2, 0.25) is 0 Å². The number of pyridine rings is 1. The van der Waals surface area contributed by atoms with Gasteiger partial charge in [0, 0.05) is 18.4 Å². The molecule has 1 amide bonds. The van der Waals surface area contributed by atoms with E-state index in [1.807, 2.05) is 42.2 Å². The van der Waals surface area contributed by atoms with Crippen molar-refractivity contribution in [3.05, 3.63) is 53.3 Å². The molecule has 132 valence electrons. The fourth-order valence-corrected chi connectivity index (χ4v) is 3.35. The molecule has 0 spiro atoms. The van der Waals surface area contributed by atoms with E-state index in [1.54, 1.807) is 20.4 Å². The molecular weight excluding hydrogens is 316 g/mol. The number of carbonyl (C=O) groups is 1. The minimum Gasteiger partial charge on any atom is -0.493 e. The molecular formula is C20H24N2O3. The van der Waals surface area contributed by atoms with Crippen molar-refractivity contribution in [3.63, 3.8) is 0 Å². The van der Waals surface area contributed by atoms with E-state index < -0.39 is 0 Å². The van der Waals surface area contributed by atoms with Gasteiger partial charge in [-0.3, -0.25) is 9.78 Å². The van der Waals surface area contributed by atoms with E-state index in [1.165, 1.54) is 0 Å². The predicted octanol–water partition coefficient (Wildman–Crippen LogP) is 3.31. The molecule has 0 bridgehead atoms. The van der Waals surface area contributed by atoms with Crippen molar-refractivity contribution in [2.75, 3.05) is 20.8 Å². The highest BCUT2D eigenvalue weighted by molar-refractivity contribution is 5.79. The Bertz CT molecular complexity index is 743. The van der Waals surface area contributed by atoms with Gasteiger partial charge in [-0.1, -0.05) is 12.1 Å². The van der Waals surface area contributed by atoms with Crippen LogP contribution in [0.5, 0.6) is 11.5 Å². The first kappa shape index (κ1) is 17.3. The second-order valence-corrected chi connectivity index (χ2v) is 6.34. The highest BCUT2D eigenvalue weighted by Crippen LogP contribution is 2.37. The molecule has 1 aliphatic heterocycles. The van der Waals surface area contributed by atoms with Crippen LogP contribution in [0.15, 0.2) is 36.5 Å². The number of amides is 1. The minimum absolute atomic E-state index is 0.0886. The summed E-state index contributed by atoms with van der Waals surface area (Å²) in [5.41, 5.74) is 3.00. The molecule has 0 N–H and O–H groups in total. The topological polar surface area (TPSA) is 51.7 Å². The Kier molecular flexibility index (Phi) is 5.22. The quantitative estimate of drug-likeness (QED) is 0.838. The summed E-state index contributed by atoms with van der Waals surface area (Å²) in [4.78, 5) is 19.1. The van der Waals surface area contributed by atoms with Gasteiger partial charge in [-0.15, -0.1) is 0 Å². The summed E-state index contributed by atoms with van der Waals surface area (Å²) in [5, 5.41) is 0. The van der Waals surface area contributed by atoms with Crippen LogP contribution in [0, 0.1) is 6.92 Å². The number of aryl methyl sites for hydroxylation is 1. The Morgan fingerprint density at radius 1 is 1.20 bits per heavy atom. The number of aromatic nitrogens is 1. The smallest absolute Gasteiger partial charge is 0.227 e. The lowest BCUT2D eigenvalue weighted by molar-refractivity contribution is -0.131. The summed E-state index contributed by atoms with van der Waals surface area (Å²) < 4.78 is 10.7. The normalized spacial score (nSPS) is 16.8. The molecule has 0 radical (unpaired) electrons. The molecule has 1 fully saturated rings. The van der Waals surface area contributed by atoms with Crippen LogP contribution in [0.3, 0.4) is 0 Å². The monoisotopic (exact) mass is 340 g/mol. The van der Waals surface area contributed by atoms with E-state index in [9.17, 15) is 4.79 Å². The standard InChI is InChI=1S/C20H24N2O3/c1-14-6-7-15(13-21-14)11-20(23)22-10-4-5-17(22)16-8-9-18(24-2)19(12-16)25-3/h6-9,12-13,17H,4-5,10-11H2,1-3H3/t17-/m0/s1. The van der Waals surface area contributed by atoms with Gasteiger partial charge in [-0.05, 0) is 49.1 Å². The second-order valence-electron chi connectivity index (χ2n) is 6.34. The number of rotatable bonds is 5. The molecule has 3 rings (SSSR count). The van der Waals surface area contributed by atoms with Crippen molar-refractivity contribution in [1.82, 2.24) is 9.88 Å². The van der Waals surface area contributed by atoms with Crippen molar-refractivity contribution < 1.29 is 14.3 Å². The van der Waals surface area contributed by atoms with Gasteiger partial charge in [0.1, 0.15) is 0 Å². The maximum atomic E-state index is 12.8. The van der Waals surface area contributed by atoms with E-state index in [0.29, 0.717) is 17.9 Å². The zero-order valence-electron chi connectivity index (χ0n) is 15.0. The lowest BCUT2D eigenvalue weighted by Crippen LogP contribution is -2.31. The lowest BCUT2D eigenvalue weighted by Gasteiger charge is -2.26. The van der Waals surface area contributed by atoms with Crippen molar-refractivity contribution >= 4 is 5.91 Å². The van der Waals surface area contributed by atoms with E-state index >= 15 is 0 Å². The zero-order chi connectivity index (χ0) is 17.8. The molecule has 1 aromatic carbocycles. The number of hydrogen-bond acceptors (Lipinski definition) is 4. The summed E-state index contributed by atoms with van der Waals surface area (Å²) in [6.45, 7) is 2.73. The van der Waals surface area contributed by atoms with Gasteiger partial charge in [0.25, 0.3) is 0 Å². The summed E-state index contributed by atoms with van der Waals surface area (Å²) in [6.07, 6.45) is 4.15. The van der Waals surface area contributed by atoms with Crippen LogP contribution < -0.4 is 9.47 Å². The Hall–Kier alpha value is -2.56. The molecule has 1 aromatic heterocycles. The van der Waals surface area contributed by atoms with Crippen LogP contribution in [0.1, 0.15) is 35.7 Å². The lowest BCUT2D eigenvalue weighted by atomic mass is 10.0. The molecule has 5 heteroatoms. The number of likely N-dealkylation sites (tertiary alicyclic amines) is 1.